The highest BCUT2D eigenvalue weighted by molar-refractivity contribution is 4.88. The number of ether oxygens (including phenoxy) is 1. The van der Waals surface area contributed by atoms with Crippen LogP contribution in [0.2, 0.25) is 0 Å². The van der Waals surface area contributed by atoms with E-state index < -0.39 is 0 Å². The molecule has 3 atom stereocenters. The molecule has 0 amide bonds. The van der Waals surface area contributed by atoms with Crippen molar-refractivity contribution in [3.63, 3.8) is 0 Å². The maximum Gasteiger partial charge on any atom is 0.0693 e. The molecule has 0 spiro atoms. The van der Waals surface area contributed by atoms with E-state index in [-0.39, 0.29) is 11.7 Å². The highest BCUT2D eigenvalue weighted by Gasteiger charge is 2.32. The molecular formula is C13H25NO2. The van der Waals surface area contributed by atoms with Gasteiger partial charge in [0.2, 0.25) is 0 Å². The van der Waals surface area contributed by atoms with Crippen molar-refractivity contribution in [1.29, 1.82) is 0 Å². The summed E-state index contributed by atoms with van der Waals surface area (Å²) in [6, 6.07) is 0.828. The summed E-state index contributed by atoms with van der Waals surface area (Å²) < 4.78 is 5.71. The van der Waals surface area contributed by atoms with Crippen molar-refractivity contribution in [2.24, 2.45) is 0 Å². The van der Waals surface area contributed by atoms with Crippen LogP contribution in [0.1, 0.15) is 52.4 Å². The summed E-state index contributed by atoms with van der Waals surface area (Å²) in [5, 5.41) is 13.6. The molecule has 3 heteroatoms. The molecule has 2 N–H and O–H groups in total. The van der Waals surface area contributed by atoms with E-state index in [1.54, 1.807) is 0 Å². The van der Waals surface area contributed by atoms with E-state index in [0.29, 0.717) is 12.1 Å². The van der Waals surface area contributed by atoms with Crippen molar-refractivity contribution in [2.75, 3.05) is 6.61 Å². The lowest BCUT2D eigenvalue weighted by atomic mass is 9.89. The molecule has 1 aliphatic heterocycles. The van der Waals surface area contributed by atoms with Crippen LogP contribution in [0.5, 0.6) is 0 Å². The van der Waals surface area contributed by atoms with Gasteiger partial charge in [-0.1, -0.05) is 12.8 Å². The first-order valence-electron chi connectivity index (χ1n) is 6.65. The Kier molecular flexibility index (Phi) is 3.88. The second kappa shape index (κ2) is 5.03. The molecule has 94 valence electrons. The topological polar surface area (TPSA) is 41.5 Å². The molecule has 0 bridgehead atoms. The molecule has 0 aromatic heterocycles. The minimum absolute atomic E-state index is 0.00443. The van der Waals surface area contributed by atoms with Crippen LogP contribution in [0.3, 0.4) is 0 Å². The molecule has 0 aromatic carbocycles. The highest BCUT2D eigenvalue weighted by atomic mass is 16.5. The molecule has 2 rings (SSSR count). The van der Waals surface area contributed by atoms with Gasteiger partial charge in [0.1, 0.15) is 0 Å². The number of aliphatic hydroxyl groups excluding tert-OH is 1. The highest BCUT2D eigenvalue weighted by Crippen LogP contribution is 2.26. The molecule has 1 heterocycles. The third-order valence-corrected chi connectivity index (χ3v) is 3.88. The zero-order chi connectivity index (χ0) is 11.6. The third kappa shape index (κ3) is 3.19. The minimum Gasteiger partial charge on any atom is -0.392 e. The Morgan fingerprint density at radius 2 is 1.94 bits per heavy atom. The summed E-state index contributed by atoms with van der Waals surface area (Å²) in [7, 11) is 0. The van der Waals surface area contributed by atoms with Gasteiger partial charge >= 0.3 is 0 Å². The summed E-state index contributed by atoms with van der Waals surface area (Å²) in [6.45, 7) is 5.14. The summed E-state index contributed by atoms with van der Waals surface area (Å²) in [5.74, 6) is 0. The van der Waals surface area contributed by atoms with Crippen LogP contribution in [0.15, 0.2) is 0 Å². The third-order valence-electron chi connectivity index (χ3n) is 3.88. The average molecular weight is 227 g/mol. The smallest absolute Gasteiger partial charge is 0.0693 e. The van der Waals surface area contributed by atoms with Gasteiger partial charge in [0.15, 0.2) is 0 Å². The first-order chi connectivity index (χ1) is 7.57. The molecule has 2 fully saturated rings. The molecule has 0 aromatic rings. The standard InChI is InChI=1S/C13H25NO2/c1-13(2)9-10(7-8-16-13)14-11-5-3-4-6-12(11)15/h10-12,14-15H,3-9H2,1-2H3/t10?,11-,12-/m0/s1. The number of aliphatic hydroxyl groups is 1. The lowest BCUT2D eigenvalue weighted by molar-refractivity contribution is -0.0673. The van der Waals surface area contributed by atoms with E-state index in [1.807, 2.05) is 0 Å². The lowest BCUT2D eigenvalue weighted by Gasteiger charge is -2.39. The van der Waals surface area contributed by atoms with Gasteiger partial charge in [-0.15, -0.1) is 0 Å². The van der Waals surface area contributed by atoms with E-state index in [4.69, 9.17) is 4.74 Å². The maximum atomic E-state index is 9.94. The van der Waals surface area contributed by atoms with Crippen molar-refractivity contribution >= 4 is 0 Å². The largest absolute Gasteiger partial charge is 0.392 e. The van der Waals surface area contributed by atoms with Gasteiger partial charge in [-0.3, -0.25) is 0 Å². The van der Waals surface area contributed by atoms with Gasteiger partial charge in [-0.2, -0.15) is 0 Å². The zero-order valence-corrected chi connectivity index (χ0v) is 10.5. The molecule has 0 radical (unpaired) electrons. The van der Waals surface area contributed by atoms with Crippen molar-refractivity contribution in [2.45, 2.75) is 76.2 Å². The fourth-order valence-corrected chi connectivity index (χ4v) is 2.98. The average Bonchev–Trinajstić information content (AvgIpc) is 2.20. The minimum atomic E-state index is -0.139. The van der Waals surface area contributed by atoms with E-state index in [9.17, 15) is 5.11 Å². The summed E-state index contributed by atoms with van der Waals surface area (Å²) in [6.07, 6.45) is 6.51. The second-order valence-electron chi connectivity index (χ2n) is 5.92. The van der Waals surface area contributed by atoms with Gasteiger partial charge in [-0.25, -0.2) is 0 Å². The first kappa shape index (κ1) is 12.3. The molecule has 1 saturated carbocycles. The Morgan fingerprint density at radius 3 is 2.62 bits per heavy atom. The zero-order valence-electron chi connectivity index (χ0n) is 10.5. The van der Waals surface area contributed by atoms with Crippen LogP contribution >= 0.6 is 0 Å². The number of nitrogens with one attached hydrogen (secondary N) is 1. The molecule has 2 aliphatic rings. The van der Waals surface area contributed by atoms with Crippen LogP contribution in [-0.2, 0) is 4.74 Å². The number of rotatable bonds is 2. The fraction of sp³-hybridized carbons (Fsp3) is 1.00. The molecule has 1 saturated heterocycles. The van der Waals surface area contributed by atoms with Crippen LogP contribution < -0.4 is 5.32 Å². The van der Waals surface area contributed by atoms with Crippen LogP contribution in [0, 0.1) is 0 Å². The summed E-state index contributed by atoms with van der Waals surface area (Å²) in [5.41, 5.74) is -0.00443. The summed E-state index contributed by atoms with van der Waals surface area (Å²) in [4.78, 5) is 0. The van der Waals surface area contributed by atoms with Crippen LogP contribution in [0.4, 0.5) is 0 Å². The second-order valence-corrected chi connectivity index (χ2v) is 5.92. The maximum absolute atomic E-state index is 9.94. The van der Waals surface area contributed by atoms with E-state index in [0.717, 1.165) is 32.3 Å². The van der Waals surface area contributed by atoms with Crippen molar-refractivity contribution in [3.05, 3.63) is 0 Å². The van der Waals surface area contributed by atoms with Gasteiger partial charge in [-0.05, 0) is 39.5 Å². The summed E-state index contributed by atoms with van der Waals surface area (Å²) >= 11 is 0. The number of hydrogen-bond acceptors (Lipinski definition) is 3. The Morgan fingerprint density at radius 1 is 1.19 bits per heavy atom. The first-order valence-corrected chi connectivity index (χ1v) is 6.65. The van der Waals surface area contributed by atoms with Gasteiger partial charge in [0, 0.05) is 18.7 Å². The Hall–Kier alpha value is -0.120. The lowest BCUT2D eigenvalue weighted by Crippen LogP contribution is -2.51. The Balaban J connectivity index is 1.84. The van der Waals surface area contributed by atoms with E-state index >= 15 is 0 Å². The molecule has 16 heavy (non-hydrogen) atoms. The normalized spacial score (nSPS) is 39.6. The molecule has 1 unspecified atom stereocenters. The van der Waals surface area contributed by atoms with Crippen molar-refractivity contribution < 1.29 is 9.84 Å². The van der Waals surface area contributed by atoms with E-state index in [1.165, 1.54) is 12.8 Å². The quantitative estimate of drug-likeness (QED) is 0.756. The van der Waals surface area contributed by atoms with Crippen LogP contribution in [-0.4, -0.2) is 35.5 Å². The molecule has 1 aliphatic carbocycles. The number of hydrogen-bond donors (Lipinski definition) is 2. The molecular weight excluding hydrogens is 202 g/mol. The predicted molar refractivity (Wildman–Crippen MR) is 64.5 cm³/mol. The van der Waals surface area contributed by atoms with Crippen molar-refractivity contribution in [1.82, 2.24) is 5.32 Å². The van der Waals surface area contributed by atoms with E-state index in [2.05, 4.69) is 19.2 Å². The predicted octanol–water partition coefficient (Wildman–Crippen LogP) is 1.84. The fourth-order valence-electron chi connectivity index (χ4n) is 2.98. The van der Waals surface area contributed by atoms with Gasteiger partial charge < -0.3 is 15.2 Å². The monoisotopic (exact) mass is 227 g/mol. The van der Waals surface area contributed by atoms with Gasteiger partial charge in [0.25, 0.3) is 0 Å². The van der Waals surface area contributed by atoms with Crippen LogP contribution in [0.25, 0.3) is 0 Å². The van der Waals surface area contributed by atoms with Gasteiger partial charge in [0.05, 0.1) is 11.7 Å². The molecule has 3 nitrogen and oxygen atoms in total. The Bertz CT molecular complexity index is 230. The van der Waals surface area contributed by atoms with Crippen molar-refractivity contribution in [3.8, 4) is 0 Å². The Labute approximate surface area is 98.6 Å². The SMILES string of the molecule is CC1(C)CC(N[C@H]2CCCC[C@@H]2O)CCO1.